The zero-order valence-electron chi connectivity index (χ0n) is 33.6. The molecule has 0 saturated carbocycles. The van der Waals surface area contributed by atoms with Crippen LogP contribution in [0.25, 0.3) is 0 Å². The number of carbonyl (C=O) groups excluding carboxylic acids is 4. The number of carbonyl (C=O) groups is 4. The number of likely N-dealkylation sites (tertiary alicyclic amines) is 1. The average molecular weight is 992 g/mol. The van der Waals surface area contributed by atoms with Crippen molar-refractivity contribution in [1.82, 2.24) is 19.8 Å². The molecule has 0 unspecified atom stereocenters. The van der Waals surface area contributed by atoms with Gasteiger partial charge in [0.05, 0.1) is 53.7 Å². The summed E-state index contributed by atoms with van der Waals surface area (Å²) in [5, 5.41) is 29.0. The van der Waals surface area contributed by atoms with E-state index in [4.69, 9.17) is 80.4 Å². The lowest BCUT2D eigenvalue weighted by Gasteiger charge is -2.33. The summed E-state index contributed by atoms with van der Waals surface area (Å²) < 4.78 is 0. The van der Waals surface area contributed by atoms with E-state index in [1.54, 1.807) is 72.8 Å². The zero-order chi connectivity index (χ0) is 46.4. The van der Waals surface area contributed by atoms with Gasteiger partial charge in [0.25, 0.3) is 23.6 Å². The summed E-state index contributed by atoms with van der Waals surface area (Å²) in [5.74, 6) is -0.676. The van der Waals surface area contributed by atoms with Crippen LogP contribution in [0.3, 0.4) is 0 Å². The van der Waals surface area contributed by atoms with Gasteiger partial charge in [-0.3, -0.25) is 30.0 Å². The van der Waals surface area contributed by atoms with Crippen LogP contribution in [-0.2, 0) is 0 Å². The summed E-state index contributed by atoms with van der Waals surface area (Å²) >= 11 is 36.5. The molecule has 4 heterocycles. The number of benzene rings is 4. The first-order valence-corrected chi connectivity index (χ1v) is 21.7. The highest BCUT2D eigenvalue weighted by Gasteiger charge is 2.25. The fraction of sp³-hybridized carbons (Fsp3) is 0.111. The molecule has 20 heteroatoms. The number of nitrogens with one attached hydrogen (secondary N) is 6. The number of anilines is 4. The van der Waals surface area contributed by atoms with Crippen molar-refractivity contribution < 1.29 is 19.2 Å². The molecule has 8 rings (SSSR count). The summed E-state index contributed by atoms with van der Waals surface area (Å²) in [6, 6.07) is 25.0. The van der Waals surface area contributed by atoms with Crippen LogP contribution in [0.1, 0.15) is 59.0 Å². The van der Waals surface area contributed by atoms with E-state index >= 15 is 0 Å². The zero-order valence-corrected chi connectivity index (χ0v) is 38.2. The minimum absolute atomic E-state index is 0.152. The lowest BCUT2D eigenvalue weighted by atomic mass is 10.1. The van der Waals surface area contributed by atoms with Crippen LogP contribution < -0.4 is 21.3 Å². The van der Waals surface area contributed by atoms with Gasteiger partial charge in [0, 0.05) is 59.7 Å². The second-order valence-corrected chi connectivity index (χ2v) is 16.9. The Morgan fingerprint density at radius 3 is 1.17 bits per heavy atom. The van der Waals surface area contributed by atoms with E-state index < -0.39 is 23.6 Å². The molecule has 0 atom stereocenters. The van der Waals surface area contributed by atoms with Gasteiger partial charge in [-0.05, 0) is 91.3 Å². The van der Waals surface area contributed by atoms with Crippen LogP contribution in [0, 0.1) is 10.8 Å². The Kier molecular flexibility index (Phi) is 14.9. The quantitative estimate of drug-likeness (QED) is 0.0443. The number of nitrogens with zero attached hydrogens (tertiary/aromatic N) is 4. The van der Waals surface area contributed by atoms with Crippen molar-refractivity contribution in [3.63, 3.8) is 0 Å². The molecule has 4 amide bonds. The maximum atomic E-state index is 12.9. The Hall–Kier alpha value is -6.26. The standard InChI is InChI=1S/C23H18Cl3N5O2.C22H16Cl3N5O2/c24-14-3-6-19(17(11-14)23(33)30-20-7-4-15(25)12-28-20)29-22(32)16-5-2-13(10-18(16)26)21(27)31-8-1-9-31;23-13-2-5-18(16(10-13)22(32)29-19-6-3-14(24)11-27-19)28-21(31)15-4-1-12(9-17(15)25)20(26)30-7-8-30/h2-7,10-12,27H,1,8-9H2,(H,29,32)(H,28,30,33);1-6,9-11,26H,7-8H2,(H,28,31)(H,27,29,32). The second-order valence-electron chi connectivity index (χ2n) is 14.3. The van der Waals surface area contributed by atoms with E-state index in [0.717, 1.165) is 32.6 Å². The summed E-state index contributed by atoms with van der Waals surface area (Å²) in [6.07, 6.45) is 3.87. The van der Waals surface area contributed by atoms with Gasteiger partial charge in [0.2, 0.25) is 0 Å². The highest BCUT2D eigenvalue weighted by Crippen LogP contribution is 2.28. The number of hydrogen-bond donors (Lipinski definition) is 6. The van der Waals surface area contributed by atoms with Gasteiger partial charge >= 0.3 is 0 Å². The molecule has 14 nitrogen and oxygen atoms in total. The van der Waals surface area contributed by atoms with Gasteiger partial charge in [0.1, 0.15) is 23.3 Å². The van der Waals surface area contributed by atoms with Crippen LogP contribution >= 0.6 is 69.6 Å². The van der Waals surface area contributed by atoms with Gasteiger partial charge < -0.3 is 31.1 Å². The molecule has 4 aromatic carbocycles. The Bertz CT molecular complexity index is 2860. The van der Waals surface area contributed by atoms with Gasteiger partial charge in [-0.2, -0.15) is 0 Å². The number of aromatic nitrogens is 2. The summed E-state index contributed by atoms with van der Waals surface area (Å²) in [7, 11) is 0. The van der Waals surface area contributed by atoms with E-state index in [1.165, 1.54) is 36.7 Å². The third-order valence-electron chi connectivity index (χ3n) is 9.80. The maximum Gasteiger partial charge on any atom is 0.258 e. The van der Waals surface area contributed by atoms with Gasteiger partial charge in [-0.15, -0.1) is 0 Å². The third-order valence-corrected chi connectivity index (χ3v) is 11.3. The largest absolute Gasteiger partial charge is 0.356 e. The number of amidine groups is 2. The van der Waals surface area contributed by atoms with Crippen LogP contribution in [-0.4, -0.2) is 81.2 Å². The monoisotopic (exact) mass is 988 g/mol. The van der Waals surface area contributed by atoms with Crippen molar-refractivity contribution in [2.45, 2.75) is 6.42 Å². The van der Waals surface area contributed by atoms with Crippen molar-refractivity contribution in [3.8, 4) is 0 Å². The molecular formula is C45H34Cl6N10O4. The summed E-state index contributed by atoms with van der Waals surface area (Å²) in [6.45, 7) is 3.36. The van der Waals surface area contributed by atoms with Crippen LogP contribution in [0.4, 0.5) is 23.0 Å². The van der Waals surface area contributed by atoms with E-state index in [-0.39, 0.29) is 43.7 Å². The van der Waals surface area contributed by atoms with E-state index in [1.807, 2.05) is 9.80 Å². The van der Waals surface area contributed by atoms with Crippen molar-refractivity contribution >= 4 is 128 Å². The molecule has 65 heavy (non-hydrogen) atoms. The molecule has 0 radical (unpaired) electrons. The lowest BCUT2D eigenvalue weighted by Crippen LogP contribution is -2.42. The molecule has 2 aliphatic heterocycles. The Balaban J connectivity index is 0.000000194. The molecule has 6 N–H and O–H groups in total. The number of amides is 4. The fourth-order valence-corrected chi connectivity index (χ4v) is 7.24. The van der Waals surface area contributed by atoms with Crippen LogP contribution in [0.5, 0.6) is 0 Å². The number of hydrogen-bond acceptors (Lipinski definition) is 8. The second kappa shape index (κ2) is 20.7. The third kappa shape index (κ3) is 11.9. The highest BCUT2D eigenvalue weighted by molar-refractivity contribution is 6.36. The first kappa shape index (κ1) is 46.7. The topological polar surface area (TPSA) is 196 Å². The SMILES string of the molecule is N=C(c1ccc(C(=O)Nc2ccc(Cl)cc2C(=O)Nc2ccc(Cl)cn2)c(Cl)c1)N1CC1.N=C(c1ccc(C(=O)Nc2ccc(Cl)cc2C(=O)Nc2ccc(Cl)cn2)c(Cl)c1)N1CCC1. The van der Waals surface area contributed by atoms with Crippen molar-refractivity contribution in [1.29, 1.82) is 10.8 Å². The van der Waals surface area contributed by atoms with Crippen LogP contribution in [0.15, 0.2) is 109 Å². The van der Waals surface area contributed by atoms with E-state index in [0.29, 0.717) is 54.5 Å². The van der Waals surface area contributed by atoms with E-state index in [2.05, 4.69) is 31.2 Å². The van der Waals surface area contributed by atoms with Gasteiger partial charge in [0.15, 0.2) is 0 Å². The first-order valence-electron chi connectivity index (χ1n) is 19.5. The normalized spacial score (nSPS) is 12.5. The molecule has 330 valence electrons. The summed E-state index contributed by atoms with van der Waals surface area (Å²) in [4.78, 5) is 63.3. The highest BCUT2D eigenvalue weighted by atomic mass is 35.5. The number of rotatable bonds is 10. The molecule has 2 saturated heterocycles. The molecule has 0 spiro atoms. The van der Waals surface area contributed by atoms with Crippen LogP contribution in [0.2, 0.25) is 30.1 Å². The molecule has 0 aliphatic carbocycles. The summed E-state index contributed by atoms with van der Waals surface area (Å²) in [5.41, 5.74) is 2.52. The average Bonchev–Trinajstić information content (AvgIpc) is 4.12. The molecule has 0 bridgehead atoms. The number of halogens is 6. The maximum absolute atomic E-state index is 12.9. The Morgan fingerprint density at radius 1 is 0.446 bits per heavy atom. The first-order chi connectivity index (χ1) is 31.1. The molecule has 6 aromatic rings. The minimum atomic E-state index is -0.508. The van der Waals surface area contributed by atoms with E-state index in [9.17, 15) is 19.2 Å². The fourth-order valence-electron chi connectivity index (χ4n) is 6.14. The molecule has 2 aliphatic rings. The van der Waals surface area contributed by atoms with Crippen molar-refractivity contribution in [3.05, 3.63) is 173 Å². The minimum Gasteiger partial charge on any atom is -0.356 e. The molecule has 2 fully saturated rings. The van der Waals surface area contributed by atoms with Crippen molar-refractivity contribution in [2.24, 2.45) is 0 Å². The van der Waals surface area contributed by atoms with Gasteiger partial charge in [-0.1, -0.05) is 81.7 Å². The molecule has 2 aromatic heterocycles. The Labute approximate surface area is 402 Å². The predicted octanol–water partition coefficient (Wildman–Crippen LogP) is 10.8. The predicted molar refractivity (Wildman–Crippen MR) is 258 cm³/mol. The van der Waals surface area contributed by atoms with Crippen molar-refractivity contribution in [2.75, 3.05) is 47.4 Å². The van der Waals surface area contributed by atoms with Gasteiger partial charge in [-0.25, -0.2) is 9.97 Å². The smallest absolute Gasteiger partial charge is 0.258 e. The number of pyridine rings is 2. The lowest BCUT2D eigenvalue weighted by molar-refractivity contribution is 0.101. The Morgan fingerprint density at radius 2 is 0.831 bits per heavy atom. The molecular weight excluding hydrogens is 957 g/mol.